The van der Waals surface area contributed by atoms with E-state index in [2.05, 4.69) is 34.9 Å². The molecule has 92 valence electrons. The molecule has 0 aliphatic carbocycles. The van der Waals surface area contributed by atoms with E-state index >= 15 is 0 Å². The maximum Gasteiger partial charge on any atom is 0.246 e. The Labute approximate surface area is 106 Å². The lowest BCUT2D eigenvalue weighted by Crippen LogP contribution is -2.37. The fourth-order valence-electron chi connectivity index (χ4n) is 2.59. The van der Waals surface area contributed by atoms with Gasteiger partial charge in [0.25, 0.3) is 0 Å². The molecule has 0 saturated carbocycles. The second-order valence-corrected chi connectivity index (χ2v) is 4.61. The Morgan fingerprint density at radius 2 is 2.11 bits per heavy atom. The van der Waals surface area contributed by atoms with E-state index in [1.807, 2.05) is 11.8 Å². The molecule has 18 heavy (non-hydrogen) atoms. The van der Waals surface area contributed by atoms with Crippen LogP contribution in [0.1, 0.15) is 12.6 Å². The summed E-state index contributed by atoms with van der Waals surface area (Å²) in [5.74, 6) is 0.106. The molecule has 1 amide bonds. The Morgan fingerprint density at radius 3 is 2.94 bits per heavy atom. The first-order valence-electron chi connectivity index (χ1n) is 6.28. The minimum Gasteiger partial charge on any atom is -0.341 e. The quantitative estimate of drug-likeness (QED) is 0.703. The predicted octanol–water partition coefficient (Wildman–Crippen LogP) is 2.56. The molecule has 0 bridgehead atoms. The van der Waals surface area contributed by atoms with Crippen molar-refractivity contribution in [3.05, 3.63) is 48.2 Å². The number of hydrogen-bond donors (Lipinski definition) is 0. The van der Waals surface area contributed by atoms with Crippen molar-refractivity contribution in [2.45, 2.75) is 20.0 Å². The van der Waals surface area contributed by atoms with Gasteiger partial charge in [-0.1, -0.05) is 24.3 Å². The lowest BCUT2D eigenvalue weighted by Gasteiger charge is -2.28. The third kappa shape index (κ3) is 1.72. The van der Waals surface area contributed by atoms with Crippen LogP contribution in [0.4, 0.5) is 0 Å². The Kier molecular flexibility index (Phi) is 2.67. The number of rotatable bonds is 1. The molecule has 3 heteroatoms. The van der Waals surface area contributed by atoms with Crippen molar-refractivity contribution in [3.8, 4) is 0 Å². The molecule has 0 N–H and O–H groups in total. The van der Waals surface area contributed by atoms with Gasteiger partial charge in [-0.15, -0.1) is 0 Å². The fraction of sp³-hybridized carbons (Fsp3) is 0.267. The highest BCUT2D eigenvalue weighted by Crippen LogP contribution is 2.23. The zero-order chi connectivity index (χ0) is 12.5. The molecule has 1 aliphatic heterocycles. The molecule has 0 unspecified atom stereocenters. The molecule has 0 radical (unpaired) electrons. The van der Waals surface area contributed by atoms with Gasteiger partial charge in [-0.2, -0.15) is 0 Å². The number of carbonyl (C=O) groups excluding carboxylic acids is 1. The monoisotopic (exact) mass is 240 g/mol. The number of para-hydroxylation sites is 1. The largest absolute Gasteiger partial charge is 0.341 e. The van der Waals surface area contributed by atoms with Gasteiger partial charge in [0, 0.05) is 24.3 Å². The molecule has 2 aromatic rings. The van der Waals surface area contributed by atoms with Crippen molar-refractivity contribution in [2.75, 3.05) is 6.54 Å². The average Bonchev–Trinajstić information content (AvgIpc) is 2.76. The Bertz CT molecular complexity index is 624. The van der Waals surface area contributed by atoms with Crippen LogP contribution in [-0.4, -0.2) is 21.9 Å². The van der Waals surface area contributed by atoms with Crippen LogP contribution in [0.3, 0.4) is 0 Å². The number of hydrogen-bond acceptors (Lipinski definition) is 1. The molecular weight excluding hydrogens is 224 g/mol. The predicted molar refractivity (Wildman–Crippen MR) is 72.2 cm³/mol. The van der Waals surface area contributed by atoms with Crippen molar-refractivity contribution in [2.24, 2.45) is 0 Å². The summed E-state index contributed by atoms with van der Waals surface area (Å²) in [6.07, 6.45) is 3.44. The number of carbonyl (C=O) groups is 1. The maximum absolute atomic E-state index is 11.9. The third-order valence-electron chi connectivity index (χ3n) is 3.46. The number of nitrogens with zero attached hydrogens (tertiary/aromatic N) is 2. The Balaban J connectivity index is 1.96. The normalized spacial score (nSPS) is 15.3. The van der Waals surface area contributed by atoms with E-state index in [0.29, 0.717) is 6.54 Å². The maximum atomic E-state index is 11.9. The highest BCUT2D eigenvalue weighted by Gasteiger charge is 2.20. The minimum atomic E-state index is 0.106. The first-order valence-corrected chi connectivity index (χ1v) is 6.28. The third-order valence-corrected chi connectivity index (χ3v) is 3.46. The SMILES string of the molecule is C/C=C/C(=O)N1CCn2c(cc3ccccc32)C1. The van der Waals surface area contributed by atoms with Crippen LogP contribution in [0.15, 0.2) is 42.5 Å². The van der Waals surface area contributed by atoms with Crippen LogP contribution < -0.4 is 0 Å². The van der Waals surface area contributed by atoms with Gasteiger partial charge in [0.15, 0.2) is 0 Å². The fourth-order valence-corrected chi connectivity index (χ4v) is 2.59. The second-order valence-electron chi connectivity index (χ2n) is 4.61. The highest BCUT2D eigenvalue weighted by molar-refractivity contribution is 5.88. The van der Waals surface area contributed by atoms with E-state index in [1.165, 1.54) is 16.6 Å². The van der Waals surface area contributed by atoms with Gasteiger partial charge in [-0.25, -0.2) is 0 Å². The molecule has 0 fully saturated rings. The number of allylic oxidation sites excluding steroid dienone is 1. The van der Waals surface area contributed by atoms with Crippen molar-refractivity contribution < 1.29 is 4.79 Å². The lowest BCUT2D eigenvalue weighted by molar-refractivity contribution is -0.127. The smallest absolute Gasteiger partial charge is 0.246 e. The average molecular weight is 240 g/mol. The zero-order valence-electron chi connectivity index (χ0n) is 10.5. The summed E-state index contributed by atoms with van der Waals surface area (Å²) < 4.78 is 2.31. The van der Waals surface area contributed by atoms with Gasteiger partial charge in [0.1, 0.15) is 0 Å². The van der Waals surface area contributed by atoms with Gasteiger partial charge in [0.05, 0.1) is 6.54 Å². The minimum absolute atomic E-state index is 0.106. The standard InChI is InChI=1S/C15H16N2O/c1-2-5-15(18)16-8-9-17-13(11-16)10-12-6-3-4-7-14(12)17/h2-7,10H,8-9,11H2,1H3/b5-2+. The summed E-state index contributed by atoms with van der Waals surface area (Å²) >= 11 is 0. The van der Waals surface area contributed by atoms with Crippen molar-refractivity contribution >= 4 is 16.8 Å². The second kappa shape index (κ2) is 4.33. The molecule has 2 heterocycles. The molecule has 0 spiro atoms. The Morgan fingerprint density at radius 1 is 1.28 bits per heavy atom. The number of amides is 1. The van der Waals surface area contributed by atoms with Crippen LogP contribution in [0.25, 0.3) is 10.9 Å². The summed E-state index contributed by atoms with van der Waals surface area (Å²) in [7, 11) is 0. The van der Waals surface area contributed by atoms with Crippen molar-refractivity contribution in [1.29, 1.82) is 0 Å². The number of aromatic nitrogens is 1. The van der Waals surface area contributed by atoms with E-state index in [4.69, 9.17) is 0 Å². The van der Waals surface area contributed by atoms with Crippen molar-refractivity contribution in [1.82, 2.24) is 9.47 Å². The van der Waals surface area contributed by atoms with E-state index < -0.39 is 0 Å². The highest BCUT2D eigenvalue weighted by atomic mass is 16.2. The van der Waals surface area contributed by atoms with E-state index in [9.17, 15) is 4.79 Å². The summed E-state index contributed by atoms with van der Waals surface area (Å²) in [5, 5.41) is 1.26. The van der Waals surface area contributed by atoms with Crippen LogP contribution in [-0.2, 0) is 17.9 Å². The summed E-state index contributed by atoms with van der Waals surface area (Å²) in [4.78, 5) is 13.7. The van der Waals surface area contributed by atoms with E-state index in [1.54, 1.807) is 12.2 Å². The van der Waals surface area contributed by atoms with Gasteiger partial charge in [-0.05, 0) is 30.5 Å². The molecule has 0 atom stereocenters. The lowest BCUT2D eigenvalue weighted by atomic mass is 10.2. The molecule has 3 nitrogen and oxygen atoms in total. The van der Waals surface area contributed by atoms with Gasteiger partial charge >= 0.3 is 0 Å². The van der Waals surface area contributed by atoms with Crippen LogP contribution in [0, 0.1) is 0 Å². The number of benzene rings is 1. The van der Waals surface area contributed by atoms with Gasteiger partial charge < -0.3 is 9.47 Å². The van der Waals surface area contributed by atoms with Gasteiger partial charge in [0.2, 0.25) is 5.91 Å². The number of fused-ring (bicyclic) bond motifs is 3. The topological polar surface area (TPSA) is 25.2 Å². The molecular formula is C15H16N2O. The van der Waals surface area contributed by atoms with E-state index in [-0.39, 0.29) is 5.91 Å². The Hall–Kier alpha value is -2.03. The summed E-state index contributed by atoms with van der Waals surface area (Å²) in [6, 6.07) is 10.6. The van der Waals surface area contributed by atoms with Gasteiger partial charge in [-0.3, -0.25) is 4.79 Å². The molecule has 3 rings (SSSR count). The molecule has 1 aromatic carbocycles. The zero-order valence-corrected chi connectivity index (χ0v) is 10.5. The first-order chi connectivity index (χ1) is 8.79. The van der Waals surface area contributed by atoms with E-state index in [0.717, 1.165) is 13.1 Å². The van der Waals surface area contributed by atoms with Crippen molar-refractivity contribution in [3.63, 3.8) is 0 Å². The molecule has 1 aromatic heterocycles. The van der Waals surface area contributed by atoms with Crippen LogP contribution >= 0.6 is 0 Å². The molecule has 0 saturated heterocycles. The van der Waals surface area contributed by atoms with Crippen LogP contribution in [0.5, 0.6) is 0 Å². The summed E-state index contributed by atoms with van der Waals surface area (Å²) in [6.45, 7) is 4.25. The summed E-state index contributed by atoms with van der Waals surface area (Å²) in [5.41, 5.74) is 2.49. The molecule has 1 aliphatic rings. The van der Waals surface area contributed by atoms with Crippen LogP contribution in [0.2, 0.25) is 0 Å². The first kappa shape index (κ1) is 11.1.